The first-order valence-electron chi connectivity index (χ1n) is 11.0. The number of nitrogens with one attached hydrogen (secondary N) is 1. The maximum atomic E-state index is 13.9. The lowest BCUT2D eigenvalue weighted by Crippen LogP contribution is -2.38. The highest BCUT2D eigenvalue weighted by Gasteiger charge is 2.31. The molecule has 0 aliphatic heterocycles. The Balaban J connectivity index is 2.07. The fourth-order valence-corrected chi connectivity index (χ4v) is 5.47. The van der Waals surface area contributed by atoms with Gasteiger partial charge in [-0.25, -0.2) is 8.42 Å². The van der Waals surface area contributed by atoms with Crippen LogP contribution in [0.3, 0.4) is 0 Å². The lowest BCUT2D eigenvalue weighted by molar-refractivity contribution is -0.114. The van der Waals surface area contributed by atoms with Crippen molar-refractivity contribution in [2.45, 2.75) is 25.7 Å². The van der Waals surface area contributed by atoms with E-state index >= 15 is 0 Å². The van der Waals surface area contributed by atoms with E-state index in [1.807, 2.05) is 19.9 Å². The zero-order chi connectivity index (χ0) is 26.6. The third-order valence-corrected chi connectivity index (χ3v) is 7.79. The molecule has 1 amide bonds. The van der Waals surface area contributed by atoms with Gasteiger partial charge < -0.3 is 19.5 Å². The van der Waals surface area contributed by atoms with Gasteiger partial charge in [0.05, 0.1) is 37.7 Å². The molecular weight excluding hydrogens is 504 g/mol. The summed E-state index contributed by atoms with van der Waals surface area (Å²) in [4.78, 5) is 13.2. The van der Waals surface area contributed by atoms with Crippen LogP contribution >= 0.6 is 11.6 Å². The molecular formula is C26H29ClN2O6S. The minimum Gasteiger partial charge on any atom is -0.495 e. The second kappa shape index (κ2) is 11.1. The minimum atomic E-state index is -4.20. The Morgan fingerprint density at radius 1 is 0.861 bits per heavy atom. The summed E-state index contributed by atoms with van der Waals surface area (Å²) in [5.41, 5.74) is 3.24. The topological polar surface area (TPSA) is 94.2 Å². The van der Waals surface area contributed by atoms with Crippen molar-refractivity contribution < 1.29 is 27.4 Å². The van der Waals surface area contributed by atoms with E-state index in [1.165, 1.54) is 39.5 Å². The summed E-state index contributed by atoms with van der Waals surface area (Å²) in [6.45, 7) is 5.08. The van der Waals surface area contributed by atoms with Crippen LogP contribution in [0.15, 0.2) is 53.4 Å². The van der Waals surface area contributed by atoms with Crippen LogP contribution in [0, 0.1) is 20.8 Å². The van der Waals surface area contributed by atoms with Gasteiger partial charge in [0.1, 0.15) is 28.7 Å². The Morgan fingerprint density at radius 3 is 2.14 bits per heavy atom. The van der Waals surface area contributed by atoms with Crippen molar-refractivity contribution in [2.75, 3.05) is 37.5 Å². The first kappa shape index (κ1) is 27.2. The molecule has 0 bridgehead atoms. The first-order chi connectivity index (χ1) is 17.0. The van der Waals surface area contributed by atoms with Crippen LogP contribution in [0.2, 0.25) is 5.02 Å². The van der Waals surface area contributed by atoms with Crippen LogP contribution in [-0.2, 0) is 14.8 Å². The predicted molar refractivity (Wildman–Crippen MR) is 141 cm³/mol. The van der Waals surface area contributed by atoms with Crippen molar-refractivity contribution >= 4 is 38.9 Å². The van der Waals surface area contributed by atoms with E-state index in [9.17, 15) is 13.2 Å². The largest absolute Gasteiger partial charge is 0.495 e. The van der Waals surface area contributed by atoms with Crippen molar-refractivity contribution in [3.8, 4) is 17.2 Å². The standard InChI is InChI=1S/C26H29ClN2O6S/c1-16-7-10-22(33-4)25(11-16)36(31,32)29(19-9-8-17(2)18(3)12-19)15-26(30)28-21-14-23(34-5)20(27)13-24(21)35-6/h7-14H,15H2,1-6H3,(H,28,30). The van der Waals surface area contributed by atoms with E-state index in [0.717, 1.165) is 21.0 Å². The maximum absolute atomic E-state index is 13.9. The number of methoxy groups -OCH3 is 3. The SMILES string of the molecule is COc1cc(NC(=O)CN(c2ccc(C)c(C)c2)S(=O)(=O)c2cc(C)ccc2OC)c(OC)cc1Cl. The summed E-state index contributed by atoms with van der Waals surface area (Å²) in [6.07, 6.45) is 0. The number of halogens is 1. The van der Waals surface area contributed by atoms with E-state index in [1.54, 1.807) is 31.2 Å². The molecule has 0 unspecified atom stereocenters. The monoisotopic (exact) mass is 532 g/mol. The fraction of sp³-hybridized carbons (Fsp3) is 0.269. The summed E-state index contributed by atoms with van der Waals surface area (Å²) < 4.78 is 44.8. The molecule has 36 heavy (non-hydrogen) atoms. The highest BCUT2D eigenvalue weighted by molar-refractivity contribution is 7.93. The first-order valence-corrected chi connectivity index (χ1v) is 12.8. The Labute approximate surface area is 216 Å². The molecule has 3 rings (SSSR count). The quantitative estimate of drug-likeness (QED) is 0.411. The molecule has 0 saturated carbocycles. The molecule has 8 nitrogen and oxygen atoms in total. The number of benzene rings is 3. The van der Waals surface area contributed by atoms with Crippen molar-refractivity contribution in [2.24, 2.45) is 0 Å². The van der Waals surface area contributed by atoms with Gasteiger partial charge in [-0.15, -0.1) is 0 Å². The number of anilines is 2. The van der Waals surface area contributed by atoms with Crippen LogP contribution in [-0.4, -0.2) is 42.2 Å². The minimum absolute atomic E-state index is 0.0400. The van der Waals surface area contributed by atoms with Crippen molar-refractivity contribution in [1.29, 1.82) is 0 Å². The van der Waals surface area contributed by atoms with Gasteiger partial charge in [0.25, 0.3) is 10.0 Å². The van der Waals surface area contributed by atoms with Gasteiger partial charge >= 0.3 is 0 Å². The molecule has 0 spiro atoms. The van der Waals surface area contributed by atoms with Gasteiger partial charge in [0.15, 0.2) is 0 Å². The van der Waals surface area contributed by atoms with E-state index in [-0.39, 0.29) is 16.3 Å². The van der Waals surface area contributed by atoms with Crippen LogP contribution in [0.25, 0.3) is 0 Å². The average molecular weight is 533 g/mol. The molecule has 0 heterocycles. The Morgan fingerprint density at radius 2 is 1.53 bits per heavy atom. The molecule has 0 aliphatic carbocycles. The molecule has 0 aromatic heterocycles. The van der Waals surface area contributed by atoms with Crippen LogP contribution < -0.4 is 23.8 Å². The van der Waals surface area contributed by atoms with Crippen LogP contribution in [0.1, 0.15) is 16.7 Å². The predicted octanol–water partition coefficient (Wildman–Crippen LogP) is 5.13. The second-order valence-corrected chi connectivity index (χ2v) is 10.4. The molecule has 0 saturated heterocycles. The zero-order valence-corrected chi connectivity index (χ0v) is 22.6. The number of sulfonamides is 1. The number of rotatable bonds is 9. The van der Waals surface area contributed by atoms with Crippen molar-refractivity contribution in [3.63, 3.8) is 0 Å². The van der Waals surface area contributed by atoms with Crippen LogP contribution in [0.5, 0.6) is 17.2 Å². The molecule has 3 aromatic carbocycles. The van der Waals surface area contributed by atoms with E-state index in [0.29, 0.717) is 22.2 Å². The summed E-state index contributed by atoms with van der Waals surface area (Å²) in [7, 11) is 0.0798. The second-order valence-electron chi connectivity index (χ2n) is 8.17. The van der Waals surface area contributed by atoms with Crippen LogP contribution in [0.4, 0.5) is 11.4 Å². The third kappa shape index (κ3) is 5.68. The van der Waals surface area contributed by atoms with Crippen molar-refractivity contribution in [1.82, 2.24) is 0 Å². The molecule has 3 aromatic rings. The smallest absolute Gasteiger partial charge is 0.268 e. The van der Waals surface area contributed by atoms with Gasteiger partial charge in [0.2, 0.25) is 5.91 Å². The summed E-state index contributed by atoms with van der Waals surface area (Å²) in [5.74, 6) is 0.219. The normalized spacial score (nSPS) is 11.1. The van der Waals surface area contributed by atoms with Gasteiger partial charge in [-0.1, -0.05) is 23.7 Å². The number of hydrogen-bond donors (Lipinski definition) is 1. The molecule has 10 heteroatoms. The summed E-state index contributed by atoms with van der Waals surface area (Å²) >= 11 is 6.16. The number of hydrogen-bond acceptors (Lipinski definition) is 6. The molecule has 0 atom stereocenters. The lowest BCUT2D eigenvalue weighted by Gasteiger charge is -2.26. The maximum Gasteiger partial charge on any atom is 0.268 e. The fourth-order valence-electron chi connectivity index (χ4n) is 3.58. The summed E-state index contributed by atoms with van der Waals surface area (Å²) in [6, 6.07) is 13.1. The average Bonchev–Trinajstić information content (AvgIpc) is 2.85. The zero-order valence-electron chi connectivity index (χ0n) is 21.0. The van der Waals surface area contributed by atoms with Gasteiger partial charge in [-0.2, -0.15) is 0 Å². The van der Waals surface area contributed by atoms with Gasteiger partial charge in [-0.3, -0.25) is 9.10 Å². The van der Waals surface area contributed by atoms with E-state index in [4.69, 9.17) is 25.8 Å². The third-order valence-electron chi connectivity index (χ3n) is 5.70. The number of ether oxygens (including phenoxy) is 3. The molecule has 192 valence electrons. The number of nitrogens with zero attached hydrogens (tertiary/aromatic N) is 1. The number of carbonyl (C=O) groups excluding carboxylic acids is 1. The number of aryl methyl sites for hydroxylation is 3. The highest BCUT2D eigenvalue weighted by Crippen LogP contribution is 2.36. The Kier molecular flexibility index (Phi) is 8.37. The van der Waals surface area contributed by atoms with E-state index in [2.05, 4.69) is 5.32 Å². The molecule has 1 N–H and O–H groups in total. The summed E-state index contributed by atoms with van der Waals surface area (Å²) in [5, 5.41) is 3.02. The Bertz CT molecular complexity index is 1390. The lowest BCUT2D eigenvalue weighted by atomic mass is 10.1. The molecule has 0 aliphatic rings. The number of carbonyl (C=O) groups is 1. The van der Waals surface area contributed by atoms with E-state index < -0.39 is 22.5 Å². The highest BCUT2D eigenvalue weighted by atomic mass is 35.5. The number of amides is 1. The van der Waals surface area contributed by atoms with Gasteiger partial charge in [-0.05, 0) is 61.7 Å². The molecule has 0 radical (unpaired) electrons. The van der Waals surface area contributed by atoms with Crippen molar-refractivity contribution in [3.05, 3.63) is 70.2 Å². The molecule has 0 fully saturated rings. The van der Waals surface area contributed by atoms with Gasteiger partial charge in [0, 0.05) is 12.1 Å². The Hall–Kier alpha value is -3.43.